The van der Waals surface area contributed by atoms with Crippen molar-refractivity contribution in [1.82, 2.24) is 10.2 Å². The standard InChI is InChI=1S/C14H15N3O3S/c1-9-10(2)15-16-14(9)17-21(18,19)12-7-11-5-3-4-6-13(11)20-8-12/h3-7H,8H2,1-2H3,(H2,15,16,17). The third-order valence-electron chi connectivity index (χ3n) is 3.43. The summed E-state index contributed by atoms with van der Waals surface area (Å²) in [4.78, 5) is 0.182. The fourth-order valence-corrected chi connectivity index (χ4v) is 3.11. The summed E-state index contributed by atoms with van der Waals surface area (Å²) >= 11 is 0. The molecule has 7 heteroatoms. The van der Waals surface area contributed by atoms with Crippen molar-refractivity contribution in [2.24, 2.45) is 0 Å². The number of nitrogens with one attached hydrogen (secondary N) is 2. The van der Waals surface area contributed by atoms with Gasteiger partial charge in [-0.1, -0.05) is 18.2 Å². The van der Waals surface area contributed by atoms with Crippen molar-refractivity contribution in [3.63, 3.8) is 0 Å². The first-order chi connectivity index (χ1) is 9.97. The van der Waals surface area contributed by atoms with E-state index in [-0.39, 0.29) is 11.5 Å². The second-order valence-electron chi connectivity index (χ2n) is 4.86. The van der Waals surface area contributed by atoms with Crippen molar-refractivity contribution in [2.75, 3.05) is 11.3 Å². The van der Waals surface area contributed by atoms with Crippen LogP contribution in [0.3, 0.4) is 0 Å². The van der Waals surface area contributed by atoms with Gasteiger partial charge in [-0.15, -0.1) is 0 Å². The van der Waals surface area contributed by atoms with Crippen LogP contribution in [0.1, 0.15) is 16.8 Å². The van der Waals surface area contributed by atoms with E-state index >= 15 is 0 Å². The predicted molar refractivity (Wildman–Crippen MR) is 80.5 cm³/mol. The fourth-order valence-electron chi connectivity index (χ4n) is 2.03. The Balaban J connectivity index is 1.93. The smallest absolute Gasteiger partial charge is 0.262 e. The highest BCUT2D eigenvalue weighted by atomic mass is 32.2. The Morgan fingerprint density at radius 1 is 1.29 bits per heavy atom. The summed E-state index contributed by atoms with van der Waals surface area (Å²) in [5, 5.41) is 6.71. The molecule has 2 N–H and O–H groups in total. The summed E-state index contributed by atoms with van der Waals surface area (Å²) < 4.78 is 32.8. The van der Waals surface area contributed by atoms with E-state index in [1.807, 2.05) is 31.2 Å². The molecular weight excluding hydrogens is 290 g/mol. The first kappa shape index (κ1) is 13.7. The van der Waals surface area contributed by atoms with Crippen molar-refractivity contribution < 1.29 is 13.2 Å². The molecule has 0 radical (unpaired) electrons. The van der Waals surface area contributed by atoms with Crippen LogP contribution < -0.4 is 9.46 Å². The van der Waals surface area contributed by atoms with Crippen molar-refractivity contribution in [2.45, 2.75) is 13.8 Å². The zero-order chi connectivity index (χ0) is 15.0. The molecule has 0 aliphatic carbocycles. The van der Waals surface area contributed by atoms with Crippen molar-refractivity contribution in [3.8, 4) is 5.75 Å². The third kappa shape index (κ3) is 2.52. The van der Waals surface area contributed by atoms with E-state index < -0.39 is 10.0 Å². The van der Waals surface area contributed by atoms with E-state index in [2.05, 4.69) is 14.9 Å². The van der Waals surface area contributed by atoms with Gasteiger partial charge in [0, 0.05) is 16.8 Å². The molecule has 0 amide bonds. The lowest BCUT2D eigenvalue weighted by Gasteiger charge is -2.18. The molecule has 2 heterocycles. The van der Waals surface area contributed by atoms with E-state index in [4.69, 9.17) is 4.74 Å². The Morgan fingerprint density at radius 3 is 2.76 bits per heavy atom. The van der Waals surface area contributed by atoms with Gasteiger partial charge in [-0.3, -0.25) is 9.82 Å². The number of benzene rings is 1. The topological polar surface area (TPSA) is 84.1 Å². The largest absolute Gasteiger partial charge is 0.487 e. The van der Waals surface area contributed by atoms with Crippen LogP contribution in [0.4, 0.5) is 5.82 Å². The van der Waals surface area contributed by atoms with E-state index in [1.165, 1.54) is 0 Å². The van der Waals surface area contributed by atoms with Crippen LogP contribution >= 0.6 is 0 Å². The number of para-hydroxylation sites is 1. The molecule has 6 nitrogen and oxygen atoms in total. The van der Waals surface area contributed by atoms with E-state index in [1.54, 1.807) is 13.0 Å². The van der Waals surface area contributed by atoms with Crippen molar-refractivity contribution >= 4 is 21.9 Å². The lowest BCUT2D eigenvalue weighted by Crippen LogP contribution is -2.22. The van der Waals surface area contributed by atoms with Gasteiger partial charge in [0.15, 0.2) is 5.82 Å². The molecular formula is C14H15N3O3S. The molecule has 21 heavy (non-hydrogen) atoms. The number of aromatic amines is 1. The molecule has 0 fully saturated rings. The summed E-state index contributed by atoms with van der Waals surface area (Å²) in [6.45, 7) is 3.64. The van der Waals surface area contributed by atoms with Gasteiger partial charge in [-0.25, -0.2) is 8.42 Å². The first-order valence-electron chi connectivity index (χ1n) is 6.44. The maximum absolute atomic E-state index is 12.4. The fraction of sp³-hybridized carbons (Fsp3) is 0.214. The molecule has 2 aromatic rings. The number of sulfonamides is 1. The molecule has 3 rings (SSSR count). The number of ether oxygens (including phenoxy) is 1. The van der Waals surface area contributed by atoms with Gasteiger partial charge in [-0.2, -0.15) is 5.10 Å². The quantitative estimate of drug-likeness (QED) is 0.910. The van der Waals surface area contributed by atoms with Crippen molar-refractivity contribution in [1.29, 1.82) is 0 Å². The van der Waals surface area contributed by atoms with E-state index in [9.17, 15) is 8.42 Å². The van der Waals surface area contributed by atoms with Gasteiger partial charge in [0.05, 0.1) is 0 Å². The van der Waals surface area contributed by atoms with Gasteiger partial charge < -0.3 is 4.74 Å². The summed E-state index contributed by atoms with van der Waals surface area (Å²) in [6.07, 6.45) is 1.62. The molecule has 1 aromatic carbocycles. The molecule has 0 unspecified atom stereocenters. The van der Waals surface area contributed by atoms with Gasteiger partial charge >= 0.3 is 0 Å². The van der Waals surface area contributed by atoms with Crippen LogP contribution in [-0.4, -0.2) is 25.2 Å². The van der Waals surface area contributed by atoms with Gasteiger partial charge in [0.1, 0.15) is 17.3 Å². The van der Waals surface area contributed by atoms with Crippen molar-refractivity contribution in [3.05, 3.63) is 46.0 Å². The number of hydrogen-bond donors (Lipinski definition) is 2. The monoisotopic (exact) mass is 305 g/mol. The average Bonchev–Trinajstić information content (AvgIpc) is 2.78. The molecule has 1 aliphatic rings. The Bertz CT molecular complexity index is 822. The normalized spacial score (nSPS) is 14.1. The highest BCUT2D eigenvalue weighted by molar-refractivity contribution is 7.96. The maximum atomic E-state index is 12.4. The maximum Gasteiger partial charge on any atom is 0.262 e. The summed E-state index contributed by atoms with van der Waals surface area (Å²) in [5.74, 6) is 0.996. The SMILES string of the molecule is Cc1[nH]nc(NS(=O)(=O)C2=Cc3ccccc3OC2)c1C. The second-order valence-corrected chi connectivity index (χ2v) is 6.60. The highest BCUT2D eigenvalue weighted by Gasteiger charge is 2.24. The Morgan fingerprint density at radius 2 is 2.05 bits per heavy atom. The number of H-pyrrole nitrogens is 1. The van der Waals surface area contributed by atoms with Gasteiger partial charge in [0.2, 0.25) is 0 Å². The molecule has 0 saturated carbocycles. The molecule has 0 bridgehead atoms. The minimum Gasteiger partial charge on any atom is -0.487 e. The lowest BCUT2D eigenvalue weighted by atomic mass is 10.1. The average molecular weight is 305 g/mol. The minimum absolute atomic E-state index is 0.00873. The predicted octanol–water partition coefficient (Wildman–Crippen LogP) is 2.20. The number of aryl methyl sites for hydroxylation is 1. The summed E-state index contributed by atoms with van der Waals surface area (Å²) in [7, 11) is -3.68. The minimum atomic E-state index is -3.68. The highest BCUT2D eigenvalue weighted by Crippen LogP contribution is 2.28. The number of aromatic nitrogens is 2. The molecule has 0 saturated heterocycles. The molecule has 0 atom stereocenters. The van der Waals surface area contributed by atoms with E-state index in [0.29, 0.717) is 11.6 Å². The van der Waals surface area contributed by atoms with Crippen LogP contribution in [-0.2, 0) is 10.0 Å². The number of nitrogens with zero attached hydrogens (tertiary/aromatic N) is 1. The molecule has 1 aliphatic heterocycles. The first-order valence-corrected chi connectivity index (χ1v) is 7.92. The summed E-state index contributed by atoms with van der Waals surface area (Å²) in [6, 6.07) is 7.31. The second kappa shape index (κ2) is 4.92. The molecule has 110 valence electrons. The van der Waals surface area contributed by atoms with Crippen LogP contribution in [0.2, 0.25) is 0 Å². The summed E-state index contributed by atoms with van der Waals surface area (Å²) in [5.41, 5.74) is 2.35. The zero-order valence-corrected chi connectivity index (χ0v) is 12.5. The Labute approximate surface area is 122 Å². The van der Waals surface area contributed by atoms with Gasteiger partial charge in [0.25, 0.3) is 10.0 Å². The number of rotatable bonds is 3. The Kier molecular flexibility index (Phi) is 3.21. The van der Waals surface area contributed by atoms with Crippen LogP contribution in [0.15, 0.2) is 29.2 Å². The Hall–Kier alpha value is -2.28. The van der Waals surface area contributed by atoms with Gasteiger partial charge in [-0.05, 0) is 26.0 Å². The number of anilines is 1. The van der Waals surface area contributed by atoms with E-state index in [0.717, 1.165) is 16.8 Å². The number of fused-ring (bicyclic) bond motifs is 1. The van der Waals surface area contributed by atoms with Crippen LogP contribution in [0.25, 0.3) is 6.08 Å². The van der Waals surface area contributed by atoms with Crippen LogP contribution in [0.5, 0.6) is 5.75 Å². The lowest BCUT2D eigenvalue weighted by molar-refractivity contribution is 0.353. The molecule has 0 spiro atoms. The van der Waals surface area contributed by atoms with Crippen LogP contribution in [0, 0.1) is 13.8 Å². The third-order valence-corrected chi connectivity index (χ3v) is 4.82. The number of hydrogen-bond acceptors (Lipinski definition) is 4. The zero-order valence-electron chi connectivity index (χ0n) is 11.7. The molecule has 1 aromatic heterocycles.